The molecule has 1 aliphatic heterocycles. The Bertz CT molecular complexity index is 809. The van der Waals surface area contributed by atoms with Crippen molar-refractivity contribution in [3.05, 3.63) is 40.1 Å². The number of alkyl halides is 2. The molecular weight excluding hydrogens is 394 g/mol. The number of carbonyl (C=O) groups excluding carboxylic acids is 1. The van der Waals surface area contributed by atoms with Gasteiger partial charge in [-0.3, -0.25) is 4.99 Å². The van der Waals surface area contributed by atoms with Crippen molar-refractivity contribution in [3.63, 3.8) is 0 Å². The van der Waals surface area contributed by atoms with Crippen molar-refractivity contribution in [1.29, 1.82) is 5.41 Å². The Morgan fingerprint density at radius 2 is 2.39 bits per heavy atom. The summed E-state index contributed by atoms with van der Waals surface area (Å²) in [6, 6.07) is 0. The molecule has 0 bridgehead atoms. The number of methoxy groups -OCH3 is 1. The maximum atomic E-state index is 12.2. The van der Waals surface area contributed by atoms with E-state index in [0.717, 1.165) is 19.4 Å². The van der Waals surface area contributed by atoms with Crippen molar-refractivity contribution in [2.24, 2.45) is 10.7 Å². The van der Waals surface area contributed by atoms with Crippen molar-refractivity contribution >= 4 is 28.9 Å². The van der Waals surface area contributed by atoms with Gasteiger partial charge in [0.2, 0.25) is 0 Å². The lowest BCUT2D eigenvalue weighted by molar-refractivity contribution is -0.148. The van der Waals surface area contributed by atoms with E-state index in [0.29, 0.717) is 22.1 Å². The summed E-state index contributed by atoms with van der Waals surface area (Å²) < 4.78 is 29.1. The fraction of sp³-hybridized carbons (Fsp3) is 0.375. The fourth-order valence-corrected chi connectivity index (χ4v) is 2.99. The number of hydrogen-bond acceptors (Lipinski definition) is 10. The molecule has 0 saturated carbocycles. The van der Waals surface area contributed by atoms with E-state index in [-0.39, 0.29) is 18.7 Å². The van der Waals surface area contributed by atoms with Gasteiger partial charge in [-0.15, -0.1) is 11.3 Å². The first kappa shape index (κ1) is 21.6. The number of amidine groups is 1. The van der Waals surface area contributed by atoms with E-state index in [1.54, 1.807) is 16.9 Å². The van der Waals surface area contributed by atoms with Gasteiger partial charge in [0, 0.05) is 35.5 Å². The second-order valence-electron chi connectivity index (χ2n) is 5.78. The third kappa shape index (κ3) is 5.18. The zero-order valence-electron chi connectivity index (χ0n) is 14.9. The molecule has 0 fully saturated rings. The molecule has 0 aliphatic carbocycles. The first-order valence-electron chi connectivity index (χ1n) is 8.02. The molecule has 152 valence electrons. The number of aliphatic hydroxyl groups is 1. The van der Waals surface area contributed by atoms with E-state index in [4.69, 9.17) is 11.1 Å². The van der Waals surface area contributed by atoms with Crippen LogP contribution in [0.4, 0.5) is 8.78 Å². The monoisotopic (exact) mass is 414 g/mol. The molecular formula is C16H20F2N6O3S. The molecule has 28 heavy (non-hydrogen) atoms. The number of halogens is 2. The van der Waals surface area contributed by atoms with E-state index in [9.17, 15) is 18.7 Å². The second kappa shape index (κ2) is 9.48. The number of rotatable bonds is 9. The molecule has 1 aliphatic rings. The van der Waals surface area contributed by atoms with Gasteiger partial charge in [0.1, 0.15) is 5.54 Å². The Morgan fingerprint density at radius 3 is 2.96 bits per heavy atom. The molecule has 1 aromatic heterocycles. The minimum Gasteiger partial charge on any atom is -0.468 e. The van der Waals surface area contributed by atoms with Gasteiger partial charge < -0.3 is 31.6 Å². The first-order chi connectivity index (χ1) is 13.3. The molecule has 1 aromatic rings. The van der Waals surface area contributed by atoms with Crippen molar-refractivity contribution in [3.8, 4) is 0 Å². The van der Waals surface area contributed by atoms with Crippen LogP contribution in [0.5, 0.6) is 0 Å². The largest absolute Gasteiger partial charge is 0.468 e. The standard InChI is InChI=1S/C16H20F2N6O3S/c1-27-14(26)16(20,8-25)6-11-9(10(19)2-3-22-15(17)18)7-23-12(24-11)13-21-4-5-28-13/h2-5,15,19,22,25H,6-8,20H2,1H3,(H,23,24)/b3-2-,19-10?. The molecule has 0 amide bonds. The summed E-state index contributed by atoms with van der Waals surface area (Å²) in [7, 11) is 1.15. The van der Waals surface area contributed by atoms with Crippen LogP contribution in [-0.4, -0.2) is 60.0 Å². The van der Waals surface area contributed by atoms with Gasteiger partial charge in [0.05, 0.1) is 26.0 Å². The summed E-state index contributed by atoms with van der Waals surface area (Å²) in [5.74, 6) is -0.412. The van der Waals surface area contributed by atoms with Crippen molar-refractivity contribution in [1.82, 2.24) is 15.6 Å². The number of nitrogens with one attached hydrogen (secondary N) is 3. The topological polar surface area (TPSA) is 146 Å². The summed E-state index contributed by atoms with van der Waals surface area (Å²) in [6.45, 7) is -3.42. The molecule has 1 unspecified atom stereocenters. The van der Waals surface area contributed by atoms with E-state index in [2.05, 4.69) is 20.0 Å². The minimum absolute atomic E-state index is 0.0395. The lowest BCUT2D eigenvalue weighted by atomic mass is 9.91. The van der Waals surface area contributed by atoms with Crippen LogP contribution >= 0.6 is 11.3 Å². The van der Waals surface area contributed by atoms with E-state index >= 15 is 0 Å². The van der Waals surface area contributed by atoms with Crippen LogP contribution in [0.2, 0.25) is 0 Å². The normalized spacial score (nSPS) is 16.6. The molecule has 0 spiro atoms. The van der Waals surface area contributed by atoms with Gasteiger partial charge in [-0.05, 0) is 6.08 Å². The predicted octanol–water partition coefficient (Wildman–Crippen LogP) is 0.346. The summed E-state index contributed by atoms with van der Waals surface area (Å²) in [6.07, 6.45) is 3.50. The Balaban J connectivity index is 2.33. The molecule has 0 radical (unpaired) electrons. The van der Waals surface area contributed by atoms with Crippen LogP contribution in [0.15, 0.2) is 40.1 Å². The number of hydrogen-bond donors (Lipinski definition) is 5. The van der Waals surface area contributed by atoms with Gasteiger partial charge >= 0.3 is 12.5 Å². The van der Waals surface area contributed by atoms with Gasteiger partial charge in [0.25, 0.3) is 0 Å². The second-order valence-corrected chi connectivity index (χ2v) is 6.68. The maximum absolute atomic E-state index is 12.2. The van der Waals surface area contributed by atoms with Crippen LogP contribution in [0.3, 0.4) is 0 Å². The molecule has 9 nitrogen and oxygen atoms in total. The lowest BCUT2D eigenvalue weighted by Gasteiger charge is -2.29. The Kier molecular flexibility index (Phi) is 7.31. The highest BCUT2D eigenvalue weighted by Crippen LogP contribution is 2.22. The third-order valence-electron chi connectivity index (χ3n) is 3.83. The molecule has 6 N–H and O–H groups in total. The third-order valence-corrected chi connectivity index (χ3v) is 4.61. The summed E-state index contributed by atoms with van der Waals surface area (Å²) in [4.78, 5) is 20.5. The molecule has 2 rings (SSSR count). The van der Waals surface area contributed by atoms with Gasteiger partial charge in [-0.25, -0.2) is 9.78 Å². The molecule has 0 saturated heterocycles. The number of carbonyl (C=O) groups is 1. The van der Waals surface area contributed by atoms with Crippen molar-refractivity contribution < 1.29 is 23.4 Å². The number of aliphatic hydroxyl groups excluding tert-OH is 1. The number of ether oxygens (including phenoxy) is 1. The van der Waals surface area contributed by atoms with E-state index in [1.165, 1.54) is 11.3 Å². The van der Waals surface area contributed by atoms with Crippen LogP contribution in [0.25, 0.3) is 0 Å². The molecule has 1 atom stereocenters. The highest BCUT2D eigenvalue weighted by Gasteiger charge is 2.37. The van der Waals surface area contributed by atoms with Crippen molar-refractivity contribution in [2.75, 3.05) is 20.3 Å². The lowest BCUT2D eigenvalue weighted by Crippen LogP contribution is -2.54. The first-order valence-corrected chi connectivity index (χ1v) is 8.90. The summed E-state index contributed by atoms with van der Waals surface area (Å²) in [5.41, 5.74) is 4.81. The Labute approximate surface area is 163 Å². The van der Waals surface area contributed by atoms with Crippen molar-refractivity contribution in [2.45, 2.75) is 18.5 Å². The number of nitrogens with two attached hydrogens (primary N) is 1. The van der Waals surface area contributed by atoms with Crippen LogP contribution in [0, 0.1) is 5.41 Å². The van der Waals surface area contributed by atoms with Gasteiger partial charge in [-0.1, -0.05) is 0 Å². The summed E-state index contributed by atoms with van der Waals surface area (Å²) in [5, 5.41) is 24.9. The van der Waals surface area contributed by atoms with Crippen LogP contribution in [-0.2, 0) is 9.53 Å². The quantitative estimate of drug-likeness (QED) is 0.223. The predicted molar refractivity (Wildman–Crippen MR) is 100 cm³/mol. The van der Waals surface area contributed by atoms with Crippen LogP contribution < -0.4 is 16.4 Å². The average molecular weight is 414 g/mol. The Hall–Kier alpha value is -2.70. The molecule has 2 heterocycles. The number of nitrogens with zero attached hydrogens (tertiary/aromatic N) is 2. The number of allylic oxidation sites excluding steroid dienone is 1. The highest BCUT2D eigenvalue weighted by molar-refractivity contribution is 7.11. The fourth-order valence-electron chi connectivity index (χ4n) is 2.39. The highest BCUT2D eigenvalue weighted by atomic mass is 32.1. The minimum atomic E-state index is -2.76. The zero-order chi connectivity index (χ0) is 20.7. The zero-order valence-corrected chi connectivity index (χ0v) is 15.7. The van der Waals surface area contributed by atoms with E-state index in [1.807, 2.05) is 0 Å². The van der Waals surface area contributed by atoms with Gasteiger partial charge in [0.15, 0.2) is 10.8 Å². The van der Waals surface area contributed by atoms with Gasteiger partial charge in [-0.2, -0.15) is 8.78 Å². The number of esters is 1. The summed E-state index contributed by atoms with van der Waals surface area (Å²) >= 11 is 1.33. The van der Waals surface area contributed by atoms with Crippen LogP contribution in [0.1, 0.15) is 11.4 Å². The molecule has 12 heteroatoms. The van der Waals surface area contributed by atoms with E-state index < -0.39 is 24.7 Å². The average Bonchev–Trinajstić information content (AvgIpc) is 3.21. The maximum Gasteiger partial charge on any atom is 0.328 e. The number of thiazole rings is 1. The molecule has 0 aromatic carbocycles. The SMILES string of the molecule is COC(=O)C(N)(CO)CC1=C(C(=N)/C=C\NC(F)F)CN=C(c2nccs2)N1. The Morgan fingerprint density at radius 1 is 1.64 bits per heavy atom. The smallest absolute Gasteiger partial charge is 0.328 e. The number of aliphatic imine (C=N–C) groups is 1. The number of aromatic nitrogens is 1.